The molecule has 1 aliphatic heterocycles. The van der Waals surface area contributed by atoms with Crippen LogP contribution in [0.2, 0.25) is 0 Å². The predicted octanol–water partition coefficient (Wildman–Crippen LogP) is 3.47. The van der Waals surface area contributed by atoms with Gasteiger partial charge in [-0.1, -0.05) is 30.5 Å². The molecule has 7 atom stereocenters. The number of esters is 4. The van der Waals surface area contributed by atoms with Gasteiger partial charge >= 0.3 is 35.9 Å². The molecule has 21 nitrogen and oxygen atoms in total. The molecule has 4 rings (SSSR count). The molecule has 0 spiro atoms. The molecule has 1 fully saturated rings. The molecule has 2 aromatic rings. The van der Waals surface area contributed by atoms with Crippen LogP contribution in [0.5, 0.6) is 5.75 Å². The van der Waals surface area contributed by atoms with Gasteiger partial charge in [0.05, 0.1) is 11.0 Å². The van der Waals surface area contributed by atoms with Crippen molar-refractivity contribution < 1.29 is 81.4 Å². The number of rotatable bonds is 22. The molecule has 2 aromatic carbocycles. The maximum Gasteiger partial charge on any atom is 0.411 e. The second-order valence-electron chi connectivity index (χ2n) is 17.1. The first-order chi connectivity index (χ1) is 32.7. The van der Waals surface area contributed by atoms with E-state index in [1.807, 2.05) is 0 Å². The molecule has 3 amide bonds. The van der Waals surface area contributed by atoms with E-state index in [1.54, 1.807) is 38.1 Å². The molecule has 0 radical (unpaired) electrons. The molecule has 0 aromatic heterocycles. The lowest BCUT2D eigenvalue weighted by Gasteiger charge is -2.44. The molecule has 0 unspecified atom stereocenters. The van der Waals surface area contributed by atoms with Crippen LogP contribution in [0.3, 0.4) is 0 Å². The molecule has 2 aliphatic rings. The van der Waals surface area contributed by atoms with Crippen molar-refractivity contribution in [3.05, 3.63) is 59.2 Å². The average Bonchev–Trinajstić information content (AvgIpc) is 3.25. The summed E-state index contributed by atoms with van der Waals surface area (Å²) in [6.07, 6.45) is -3.71. The Balaban J connectivity index is 1.53. The fourth-order valence-corrected chi connectivity index (χ4v) is 7.30. The van der Waals surface area contributed by atoms with Crippen LogP contribution in [0.25, 0.3) is 0 Å². The average molecular weight is 967 g/mol. The SMILES string of the molecule is CC(=O)OC[C@H]1O[C@@H](Oc2ccc(COC(=O)Nc3ccc(C[C@H](N)CC(C)(C)C(=O)O)cc3)cc2C(=O)NCCNC(=O)CO[C@@H]2C#CCCCCC2)[C@H](OC(C)=O)[C@@H](OC(C)=O)[C@@H]1OC(C)=O. The van der Waals surface area contributed by atoms with Crippen molar-refractivity contribution in [2.24, 2.45) is 11.1 Å². The monoisotopic (exact) mass is 966 g/mol. The van der Waals surface area contributed by atoms with Crippen LogP contribution in [0.1, 0.15) is 102 Å². The van der Waals surface area contributed by atoms with Crippen LogP contribution in [0.15, 0.2) is 42.5 Å². The summed E-state index contributed by atoms with van der Waals surface area (Å²) >= 11 is 0. The lowest BCUT2D eigenvalue weighted by atomic mass is 9.84. The first-order valence-electron chi connectivity index (χ1n) is 22.5. The number of hydrogen-bond acceptors (Lipinski definition) is 17. The minimum Gasteiger partial charge on any atom is -0.481 e. The number of ether oxygens (including phenoxy) is 8. The van der Waals surface area contributed by atoms with Gasteiger partial charge in [-0.25, -0.2) is 4.79 Å². The zero-order chi connectivity index (χ0) is 50.7. The number of amides is 3. The van der Waals surface area contributed by atoms with Crippen molar-refractivity contribution in [3.8, 4) is 17.6 Å². The van der Waals surface area contributed by atoms with E-state index in [9.17, 15) is 43.5 Å². The Kier molecular flexibility index (Phi) is 21.2. The quantitative estimate of drug-likeness (QED) is 0.0489. The van der Waals surface area contributed by atoms with E-state index < -0.39 is 96.5 Å². The zero-order valence-corrected chi connectivity index (χ0v) is 39.6. The van der Waals surface area contributed by atoms with Gasteiger partial charge in [0.2, 0.25) is 18.3 Å². The van der Waals surface area contributed by atoms with Crippen LogP contribution in [-0.2, 0) is 75.0 Å². The second-order valence-corrected chi connectivity index (χ2v) is 17.1. The Labute approximate surface area is 400 Å². The van der Waals surface area contributed by atoms with Gasteiger partial charge in [0.15, 0.2) is 12.2 Å². The number of nitrogens with two attached hydrogens (primary N) is 1. The minimum atomic E-state index is -1.69. The van der Waals surface area contributed by atoms with E-state index in [0.717, 1.165) is 65.4 Å². The summed E-state index contributed by atoms with van der Waals surface area (Å²) in [7, 11) is 0. The Hall–Kier alpha value is -6.76. The molecule has 0 bridgehead atoms. The highest BCUT2D eigenvalue weighted by molar-refractivity contribution is 5.97. The van der Waals surface area contributed by atoms with E-state index in [-0.39, 0.29) is 50.1 Å². The molecule has 69 heavy (non-hydrogen) atoms. The van der Waals surface area contributed by atoms with E-state index in [0.29, 0.717) is 17.7 Å². The van der Waals surface area contributed by atoms with E-state index in [4.69, 9.17) is 43.6 Å². The number of hydrogen-bond donors (Lipinski definition) is 5. The summed E-state index contributed by atoms with van der Waals surface area (Å²) in [5, 5.41) is 17.4. The maximum atomic E-state index is 13.9. The number of carbonyl (C=O) groups is 8. The van der Waals surface area contributed by atoms with Gasteiger partial charge in [0.25, 0.3) is 5.91 Å². The predicted molar refractivity (Wildman–Crippen MR) is 243 cm³/mol. The smallest absolute Gasteiger partial charge is 0.411 e. The van der Waals surface area contributed by atoms with E-state index in [2.05, 4.69) is 27.8 Å². The van der Waals surface area contributed by atoms with Crippen LogP contribution >= 0.6 is 0 Å². The summed E-state index contributed by atoms with van der Waals surface area (Å²) < 4.78 is 45.1. The number of anilines is 1. The first kappa shape index (κ1) is 54.8. The fourth-order valence-electron chi connectivity index (χ4n) is 7.30. The highest BCUT2D eigenvalue weighted by Gasteiger charge is 2.53. The molecule has 0 saturated carbocycles. The van der Waals surface area contributed by atoms with E-state index >= 15 is 0 Å². The number of benzene rings is 2. The number of carboxylic acid groups (broad SMARTS) is 1. The van der Waals surface area contributed by atoms with Gasteiger partial charge in [0.1, 0.15) is 37.8 Å². The Morgan fingerprint density at radius 3 is 2.13 bits per heavy atom. The molecular weight excluding hydrogens is 905 g/mol. The third-order valence-corrected chi connectivity index (χ3v) is 10.6. The largest absolute Gasteiger partial charge is 0.481 e. The normalized spacial score (nSPS) is 20.4. The summed E-state index contributed by atoms with van der Waals surface area (Å²) in [6.45, 7) is 6.37. The Bertz CT molecular complexity index is 2200. The van der Waals surface area contributed by atoms with Gasteiger partial charge in [-0.15, -0.1) is 5.92 Å². The third kappa shape index (κ3) is 18.7. The summed E-state index contributed by atoms with van der Waals surface area (Å²) in [5.74, 6) is 0.528. The number of aliphatic carboxylic acids is 1. The zero-order valence-electron chi connectivity index (χ0n) is 39.6. The van der Waals surface area contributed by atoms with Crippen LogP contribution < -0.4 is 26.4 Å². The Morgan fingerprint density at radius 2 is 1.46 bits per heavy atom. The van der Waals surface area contributed by atoms with Gasteiger partial charge in [0, 0.05) is 58.9 Å². The van der Waals surface area contributed by atoms with Gasteiger partial charge in [-0.3, -0.25) is 38.9 Å². The molecule has 1 heterocycles. The van der Waals surface area contributed by atoms with Crippen LogP contribution in [0.4, 0.5) is 10.5 Å². The van der Waals surface area contributed by atoms with E-state index in [1.165, 1.54) is 18.2 Å². The molecule has 6 N–H and O–H groups in total. The standard InChI is InChI=1S/C48H62N4O17/c1-28(53)62-26-39-41(65-29(2)54)42(66-30(3)55)43(67-31(4)56)45(69-39)68-38-19-16-33(23-37(38)44(58)51-21-20-50-40(57)27-63-36-12-10-8-7-9-11-13-36)25-64-47(61)52-35-17-14-32(15-18-35)22-34(49)24-48(5,6)46(59)60/h14-19,23,34,36,39,41-43,45H,7-10,12,20-22,24-27,49H2,1-6H3,(H,50,57)(H,51,58)(H,52,61)(H,59,60)/t34-,36-,39+,41+,42-,43+,45+/m0/s1. The van der Waals surface area contributed by atoms with Crippen molar-refractivity contribution in [2.45, 2.75) is 136 Å². The third-order valence-electron chi connectivity index (χ3n) is 10.6. The minimum absolute atomic E-state index is 0.000180. The summed E-state index contributed by atoms with van der Waals surface area (Å²) in [6, 6.07) is 10.5. The number of nitrogens with one attached hydrogen (secondary N) is 3. The number of carboxylic acids is 1. The van der Waals surface area contributed by atoms with Crippen molar-refractivity contribution in [3.63, 3.8) is 0 Å². The molecule has 21 heteroatoms. The molecule has 1 aliphatic carbocycles. The molecule has 1 saturated heterocycles. The lowest BCUT2D eigenvalue weighted by Crippen LogP contribution is -2.63. The topological polar surface area (TPSA) is 293 Å². The van der Waals surface area contributed by atoms with Crippen molar-refractivity contribution in [1.29, 1.82) is 0 Å². The highest BCUT2D eigenvalue weighted by Crippen LogP contribution is 2.33. The number of carbonyl (C=O) groups excluding carboxylic acids is 7. The maximum absolute atomic E-state index is 13.9. The first-order valence-corrected chi connectivity index (χ1v) is 22.5. The van der Waals surface area contributed by atoms with Crippen molar-refractivity contribution >= 4 is 53.4 Å². The van der Waals surface area contributed by atoms with Crippen molar-refractivity contribution in [2.75, 3.05) is 31.6 Å². The second kappa shape index (κ2) is 26.7. The van der Waals surface area contributed by atoms with Gasteiger partial charge in [-0.05, 0) is 81.3 Å². The lowest BCUT2D eigenvalue weighted by molar-refractivity contribution is -0.288. The molecule has 376 valence electrons. The summed E-state index contributed by atoms with van der Waals surface area (Å²) in [5.41, 5.74) is 6.60. The van der Waals surface area contributed by atoms with Gasteiger partial charge < -0.3 is 59.4 Å². The summed E-state index contributed by atoms with van der Waals surface area (Å²) in [4.78, 5) is 99.9. The Morgan fingerprint density at radius 1 is 0.812 bits per heavy atom. The van der Waals surface area contributed by atoms with Gasteiger partial charge in [-0.2, -0.15) is 0 Å². The van der Waals surface area contributed by atoms with Crippen LogP contribution in [-0.4, -0.2) is 122 Å². The fraction of sp³-hybridized carbons (Fsp3) is 0.542. The van der Waals surface area contributed by atoms with Crippen molar-refractivity contribution in [1.82, 2.24) is 10.6 Å². The molecular formula is C48H62N4O17. The van der Waals surface area contributed by atoms with Crippen LogP contribution in [0, 0.1) is 17.3 Å². The highest BCUT2D eigenvalue weighted by atomic mass is 16.7.